The first-order valence-corrected chi connectivity index (χ1v) is 7.97. The Hall–Kier alpha value is -1.07. The van der Waals surface area contributed by atoms with E-state index in [1.165, 1.54) is 5.56 Å². The van der Waals surface area contributed by atoms with Crippen LogP contribution >= 0.6 is 0 Å². The molecule has 1 aliphatic carbocycles. The Labute approximate surface area is 108 Å². The molecule has 2 atom stereocenters. The summed E-state index contributed by atoms with van der Waals surface area (Å²) in [4.78, 5) is 0.373. The predicted molar refractivity (Wildman–Crippen MR) is 71.1 cm³/mol. The van der Waals surface area contributed by atoms with Crippen LogP contribution in [0.5, 0.6) is 0 Å². The lowest BCUT2D eigenvalue weighted by atomic mass is 10.2. The number of benzene rings is 1. The van der Waals surface area contributed by atoms with E-state index >= 15 is 0 Å². The van der Waals surface area contributed by atoms with Crippen molar-refractivity contribution < 1.29 is 8.42 Å². The number of sulfonamides is 1. The molecule has 18 heavy (non-hydrogen) atoms. The van der Waals surface area contributed by atoms with Crippen LogP contribution in [-0.2, 0) is 16.4 Å². The zero-order chi connectivity index (χ0) is 12.8. The monoisotopic (exact) mass is 266 g/mol. The summed E-state index contributed by atoms with van der Waals surface area (Å²) in [7, 11) is -3.35. The van der Waals surface area contributed by atoms with E-state index in [-0.39, 0.29) is 6.04 Å². The third-order valence-electron chi connectivity index (χ3n) is 3.85. The fourth-order valence-corrected chi connectivity index (χ4v) is 3.89. The SMILES string of the molecule is CCC1CC1NS(=O)(=O)c1ccc2c(c1)NCC2. The molecule has 4 nitrogen and oxygen atoms in total. The lowest BCUT2D eigenvalue weighted by Crippen LogP contribution is -2.27. The van der Waals surface area contributed by atoms with Crippen molar-refractivity contribution in [3.63, 3.8) is 0 Å². The average Bonchev–Trinajstić information content (AvgIpc) is 2.90. The molecule has 2 unspecified atom stereocenters. The maximum absolute atomic E-state index is 12.2. The smallest absolute Gasteiger partial charge is 0.240 e. The quantitative estimate of drug-likeness (QED) is 0.872. The van der Waals surface area contributed by atoms with E-state index in [1.807, 2.05) is 6.07 Å². The molecule has 1 aromatic carbocycles. The summed E-state index contributed by atoms with van der Waals surface area (Å²) in [5.74, 6) is 0.521. The first-order chi connectivity index (χ1) is 8.60. The zero-order valence-electron chi connectivity index (χ0n) is 10.4. The largest absolute Gasteiger partial charge is 0.384 e. The average molecular weight is 266 g/mol. The van der Waals surface area contributed by atoms with Gasteiger partial charge in [0.2, 0.25) is 10.0 Å². The summed E-state index contributed by atoms with van der Waals surface area (Å²) < 4.78 is 27.2. The molecule has 0 radical (unpaired) electrons. The van der Waals surface area contributed by atoms with Crippen molar-refractivity contribution >= 4 is 15.7 Å². The van der Waals surface area contributed by atoms with Gasteiger partial charge in [-0.05, 0) is 36.5 Å². The molecule has 0 bridgehead atoms. The fraction of sp³-hybridized carbons (Fsp3) is 0.538. The molecule has 1 saturated carbocycles. The summed E-state index contributed by atoms with van der Waals surface area (Å²) in [6, 6.07) is 5.50. The molecule has 0 spiro atoms. The van der Waals surface area contributed by atoms with E-state index in [0.717, 1.165) is 31.5 Å². The van der Waals surface area contributed by atoms with Gasteiger partial charge in [0.05, 0.1) is 4.90 Å². The second-order valence-corrected chi connectivity index (χ2v) is 6.84. The van der Waals surface area contributed by atoms with Crippen molar-refractivity contribution in [1.82, 2.24) is 4.72 Å². The Morgan fingerprint density at radius 3 is 3.00 bits per heavy atom. The predicted octanol–water partition coefficient (Wildman–Crippen LogP) is 1.73. The number of hydrogen-bond donors (Lipinski definition) is 2. The maximum Gasteiger partial charge on any atom is 0.240 e. The van der Waals surface area contributed by atoms with Crippen LogP contribution < -0.4 is 10.0 Å². The highest BCUT2D eigenvalue weighted by molar-refractivity contribution is 7.89. The molecule has 2 aliphatic rings. The molecule has 1 aliphatic heterocycles. The van der Waals surface area contributed by atoms with Crippen LogP contribution in [0.1, 0.15) is 25.3 Å². The Balaban J connectivity index is 1.81. The van der Waals surface area contributed by atoms with E-state index in [9.17, 15) is 8.42 Å². The van der Waals surface area contributed by atoms with Gasteiger partial charge in [-0.1, -0.05) is 19.4 Å². The van der Waals surface area contributed by atoms with Gasteiger partial charge in [0.15, 0.2) is 0 Å². The molecule has 1 heterocycles. The van der Waals surface area contributed by atoms with Gasteiger partial charge in [-0.25, -0.2) is 13.1 Å². The molecular formula is C13H18N2O2S. The van der Waals surface area contributed by atoms with Gasteiger partial charge in [0.1, 0.15) is 0 Å². The second kappa shape index (κ2) is 4.24. The van der Waals surface area contributed by atoms with Crippen LogP contribution in [-0.4, -0.2) is 21.0 Å². The van der Waals surface area contributed by atoms with Crippen molar-refractivity contribution in [2.75, 3.05) is 11.9 Å². The Kier molecular flexibility index (Phi) is 2.83. The Morgan fingerprint density at radius 1 is 1.44 bits per heavy atom. The van der Waals surface area contributed by atoms with Crippen molar-refractivity contribution in [1.29, 1.82) is 0 Å². The summed E-state index contributed by atoms with van der Waals surface area (Å²) in [5.41, 5.74) is 2.16. The second-order valence-electron chi connectivity index (χ2n) is 5.13. The van der Waals surface area contributed by atoms with Crippen molar-refractivity contribution in [3.8, 4) is 0 Å². The topological polar surface area (TPSA) is 58.2 Å². The third-order valence-corrected chi connectivity index (χ3v) is 5.34. The van der Waals surface area contributed by atoms with Crippen LogP contribution in [0.2, 0.25) is 0 Å². The minimum atomic E-state index is -3.35. The molecule has 0 saturated heterocycles. The zero-order valence-corrected chi connectivity index (χ0v) is 11.3. The minimum absolute atomic E-state index is 0.140. The van der Waals surface area contributed by atoms with Crippen LogP contribution in [0, 0.1) is 5.92 Å². The van der Waals surface area contributed by atoms with Crippen LogP contribution in [0.3, 0.4) is 0 Å². The maximum atomic E-state index is 12.2. The van der Waals surface area contributed by atoms with Crippen molar-refractivity contribution in [2.45, 2.75) is 37.1 Å². The Bertz CT molecular complexity index is 568. The number of hydrogen-bond acceptors (Lipinski definition) is 3. The van der Waals surface area contributed by atoms with Crippen molar-refractivity contribution in [3.05, 3.63) is 23.8 Å². The highest BCUT2D eigenvalue weighted by Gasteiger charge is 2.38. The van der Waals surface area contributed by atoms with E-state index in [1.54, 1.807) is 12.1 Å². The van der Waals surface area contributed by atoms with E-state index in [4.69, 9.17) is 0 Å². The highest BCUT2D eigenvalue weighted by Crippen LogP contribution is 2.35. The standard InChI is InChI=1S/C13H18N2O2S/c1-2-9-7-13(9)15-18(16,17)11-4-3-10-5-6-14-12(10)8-11/h3-4,8-9,13-15H,2,5-7H2,1H3. The lowest BCUT2D eigenvalue weighted by Gasteiger charge is -2.08. The van der Waals surface area contributed by atoms with E-state index in [0.29, 0.717) is 10.8 Å². The van der Waals surface area contributed by atoms with Gasteiger partial charge in [0.25, 0.3) is 0 Å². The number of nitrogens with one attached hydrogen (secondary N) is 2. The van der Waals surface area contributed by atoms with E-state index in [2.05, 4.69) is 17.0 Å². The van der Waals surface area contributed by atoms with Crippen LogP contribution in [0.4, 0.5) is 5.69 Å². The lowest BCUT2D eigenvalue weighted by molar-refractivity contribution is 0.576. The van der Waals surface area contributed by atoms with Gasteiger partial charge in [-0.2, -0.15) is 0 Å². The molecule has 3 rings (SSSR count). The minimum Gasteiger partial charge on any atom is -0.384 e. The molecule has 0 amide bonds. The fourth-order valence-electron chi connectivity index (χ4n) is 2.55. The molecule has 1 aromatic rings. The first-order valence-electron chi connectivity index (χ1n) is 6.49. The van der Waals surface area contributed by atoms with Crippen LogP contribution in [0.15, 0.2) is 23.1 Å². The van der Waals surface area contributed by atoms with Gasteiger partial charge < -0.3 is 5.32 Å². The van der Waals surface area contributed by atoms with E-state index < -0.39 is 10.0 Å². The number of fused-ring (bicyclic) bond motifs is 1. The van der Waals surface area contributed by atoms with Gasteiger partial charge >= 0.3 is 0 Å². The summed E-state index contributed by atoms with van der Waals surface area (Å²) >= 11 is 0. The first kappa shape index (κ1) is 12.0. The normalized spacial score (nSPS) is 25.6. The molecule has 0 aromatic heterocycles. The van der Waals surface area contributed by atoms with Gasteiger partial charge in [-0.15, -0.1) is 0 Å². The molecule has 5 heteroatoms. The summed E-state index contributed by atoms with van der Waals surface area (Å²) in [6.07, 6.45) is 2.99. The van der Waals surface area contributed by atoms with Gasteiger partial charge in [0, 0.05) is 18.3 Å². The van der Waals surface area contributed by atoms with Crippen molar-refractivity contribution in [2.24, 2.45) is 5.92 Å². The molecule has 98 valence electrons. The third kappa shape index (κ3) is 2.12. The highest BCUT2D eigenvalue weighted by atomic mass is 32.2. The number of rotatable bonds is 4. The number of anilines is 1. The Morgan fingerprint density at radius 2 is 2.28 bits per heavy atom. The van der Waals surface area contributed by atoms with Gasteiger partial charge in [-0.3, -0.25) is 0 Å². The molecule has 1 fully saturated rings. The van der Waals surface area contributed by atoms with Crippen LogP contribution in [0.25, 0.3) is 0 Å². The summed E-state index contributed by atoms with van der Waals surface area (Å²) in [6.45, 7) is 2.99. The molecular weight excluding hydrogens is 248 g/mol. The molecule has 2 N–H and O–H groups in total. The summed E-state index contributed by atoms with van der Waals surface area (Å²) in [5, 5.41) is 3.21.